The van der Waals surface area contributed by atoms with E-state index in [4.69, 9.17) is 4.74 Å². The second-order valence-electron chi connectivity index (χ2n) is 7.55. The van der Waals surface area contributed by atoms with Crippen molar-refractivity contribution in [2.75, 3.05) is 0 Å². The summed E-state index contributed by atoms with van der Waals surface area (Å²) in [6, 6.07) is 0. The predicted molar refractivity (Wildman–Crippen MR) is 70.9 cm³/mol. The third kappa shape index (κ3) is 1.61. The molecule has 98 valence electrons. The van der Waals surface area contributed by atoms with Crippen molar-refractivity contribution in [2.45, 2.75) is 77.9 Å². The molecular formula is C16H28O. The Morgan fingerprint density at radius 2 is 1.82 bits per heavy atom. The van der Waals surface area contributed by atoms with Crippen molar-refractivity contribution in [1.29, 1.82) is 0 Å². The highest BCUT2D eigenvalue weighted by molar-refractivity contribution is 5.08. The van der Waals surface area contributed by atoms with Gasteiger partial charge in [-0.05, 0) is 62.7 Å². The van der Waals surface area contributed by atoms with Crippen molar-refractivity contribution in [3.8, 4) is 0 Å². The third-order valence-corrected chi connectivity index (χ3v) is 6.43. The van der Waals surface area contributed by atoms with E-state index in [1.807, 2.05) is 0 Å². The largest absolute Gasteiger partial charge is 0.372 e. The lowest BCUT2D eigenvalue weighted by molar-refractivity contribution is -0.136. The molecule has 1 heteroatoms. The minimum atomic E-state index is 0.196. The van der Waals surface area contributed by atoms with Gasteiger partial charge in [0, 0.05) is 0 Å². The van der Waals surface area contributed by atoms with Crippen LogP contribution in [0.1, 0.15) is 66.2 Å². The molecule has 17 heavy (non-hydrogen) atoms. The van der Waals surface area contributed by atoms with E-state index in [1.165, 1.54) is 38.5 Å². The van der Waals surface area contributed by atoms with Gasteiger partial charge < -0.3 is 4.74 Å². The van der Waals surface area contributed by atoms with Crippen molar-refractivity contribution >= 4 is 0 Å². The van der Waals surface area contributed by atoms with E-state index in [9.17, 15) is 0 Å². The van der Waals surface area contributed by atoms with Crippen LogP contribution in [0.2, 0.25) is 0 Å². The molecular weight excluding hydrogens is 208 g/mol. The van der Waals surface area contributed by atoms with Gasteiger partial charge in [0.25, 0.3) is 0 Å². The molecule has 1 saturated heterocycles. The lowest BCUT2D eigenvalue weighted by Gasteiger charge is -2.57. The third-order valence-electron chi connectivity index (χ3n) is 6.43. The van der Waals surface area contributed by atoms with Gasteiger partial charge in [-0.1, -0.05) is 26.7 Å². The number of fused-ring (bicyclic) bond motifs is 3. The van der Waals surface area contributed by atoms with Crippen molar-refractivity contribution in [3.63, 3.8) is 0 Å². The predicted octanol–water partition coefficient (Wildman–Crippen LogP) is 4.41. The SMILES string of the molecule is CC1C[C@@H]2[C@@]3(C)CCC[C@@H](C)[C@@H]3CC[C@]2(C)O1. The Balaban J connectivity index is 1.94. The molecule has 0 aromatic carbocycles. The van der Waals surface area contributed by atoms with Crippen LogP contribution in [0.3, 0.4) is 0 Å². The molecule has 3 aliphatic rings. The fourth-order valence-electron chi connectivity index (χ4n) is 5.70. The van der Waals surface area contributed by atoms with Crippen molar-refractivity contribution in [3.05, 3.63) is 0 Å². The summed E-state index contributed by atoms with van der Waals surface area (Å²) in [6.07, 6.45) is 8.83. The highest BCUT2D eigenvalue weighted by atomic mass is 16.5. The number of hydrogen-bond acceptors (Lipinski definition) is 1. The van der Waals surface area contributed by atoms with Gasteiger partial charge in [-0.2, -0.15) is 0 Å². The lowest BCUT2D eigenvalue weighted by atomic mass is 9.49. The minimum Gasteiger partial charge on any atom is -0.372 e. The van der Waals surface area contributed by atoms with Gasteiger partial charge in [0.1, 0.15) is 0 Å². The molecule has 0 radical (unpaired) electrons. The van der Waals surface area contributed by atoms with Crippen molar-refractivity contribution < 1.29 is 4.74 Å². The monoisotopic (exact) mass is 236 g/mol. The molecule has 1 aliphatic heterocycles. The van der Waals surface area contributed by atoms with Crippen LogP contribution in [0.25, 0.3) is 0 Å². The maximum Gasteiger partial charge on any atom is 0.0692 e. The number of ether oxygens (including phenoxy) is 1. The molecule has 3 rings (SSSR count). The first-order valence-corrected chi connectivity index (χ1v) is 7.63. The second kappa shape index (κ2) is 3.73. The average Bonchev–Trinajstić information content (AvgIpc) is 2.54. The summed E-state index contributed by atoms with van der Waals surface area (Å²) in [5.41, 5.74) is 0.761. The summed E-state index contributed by atoms with van der Waals surface area (Å²) in [4.78, 5) is 0. The molecule has 1 heterocycles. The molecule has 1 nitrogen and oxygen atoms in total. The fourth-order valence-corrected chi connectivity index (χ4v) is 5.70. The van der Waals surface area contributed by atoms with Gasteiger partial charge in [-0.25, -0.2) is 0 Å². The quantitative estimate of drug-likeness (QED) is 0.605. The van der Waals surface area contributed by atoms with E-state index in [-0.39, 0.29) is 5.60 Å². The Morgan fingerprint density at radius 3 is 2.59 bits per heavy atom. The van der Waals surface area contributed by atoms with Gasteiger partial charge >= 0.3 is 0 Å². The molecule has 0 bridgehead atoms. The van der Waals surface area contributed by atoms with E-state index >= 15 is 0 Å². The van der Waals surface area contributed by atoms with Crippen LogP contribution in [0.4, 0.5) is 0 Å². The normalized spacial score (nSPS) is 58.6. The maximum atomic E-state index is 6.30. The maximum absolute atomic E-state index is 6.30. The summed E-state index contributed by atoms with van der Waals surface area (Å²) in [5, 5.41) is 0. The molecule has 1 unspecified atom stereocenters. The Morgan fingerprint density at radius 1 is 1.06 bits per heavy atom. The fraction of sp³-hybridized carbons (Fsp3) is 1.00. The lowest BCUT2D eigenvalue weighted by Crippen LogP contribution is -2.53. The van der Waals surface area contributed by atoms with Gasteiger partial charge in [-0.3, -0.25) is 0 Å². The first kappa shape index (κ1) is 12.0. The second-order valence-corrected chi connectivity index (χ2v) is 7.55. The van der Waals surface area contributed by atoms with Crippen LogP contribution in [0.5, 0.6) is 0 Å². The Hall–Kier alpha value is -0.0400. The minimum absolute atomic E-state index is 0.196. The Bertz CT molecular complexity index is 313. The highest BCUT2D eigenvalue weighted by Crippen LogP contribution is 2.62. The molecule has 6 atom stereocenters. The Kier molecular flexibility index (Phi) is 2.63. The first-order chi connectivity index (χ1) is 7.96. The zero-order chi connectivity index (χ0) is 12.3. The molecule has 0 spiro atoms. The molecule has 0 aromatic rings. The van der Waals surface area contributed by atoms with E-state index in [0.717, 1.165) is 17.8 Å². The van der Waals surface area contributed by atoms with Crippen molar-refractivity contribution in [1.82, 2.24) is 0 Å². The molecule has 2 aliphatic carbocycles. The van der Waals surface area contributed by atoms with Gasteiger partial charge in [-0.15, -0.1) is 0 Å². The molecule has 0 aromatic heterocycles. The van der Waals surface area contributed by atoms with Crippen LogP contribution >= 0.6 is 0 Å². The average molecular weight is 236 g/mol. The number of hydrogen-bond donors (Lipinski definition) is 0. The van der Waals surface area contributed by atoms with Gasteiger partial charge in [0.2, 0.25) is 0 Å². The van der Waals surface area contributed by atoms with Crippen LogP contribution in [-0.4, -0.2) is 11.7 Å². The molecule has 2 saturated carbocycles. The summed E-state index contributed by atoms with van der Waals surface area (Å²) < 4.78 is 6.30. The van der Waals surface area contributed by atoms with Crippen molar-refractivity contribution in [2.24, 2.45) is 23.2 Å². The molecule has 0 amide bonds. The summed E-state index contributed by atoms with van der Waals surface area (Å²) >= 11 is 0. The van der Waals surface area contributed by atoms with Gasteiger partial charge in [0.15, 0.2) is 0 Å². The zero-order valence-electron chi connectivity index (χ0n) is 12.0. The summed E-state index contributed by atoms with van der Waals surface area (Å²) in [5.74, 6) is 2.71. The molecule has 0 N–H and O–H groups in total. The van der Waals surface area contributed by atoms with Crippen LogP contribution < -0.4 is 0 Å². The van der Waals surface area contributed by atoms with E-state index < -0.39 is 0 Å². The standard InChI is InChI=1S/C16H28O/c1-11-6-5-8-15(3)13(11)7-9-16(4)14(15)10-12(2)17-16/h11-14H,5-10H2,1-4H3/t11-,12?,13+,14-,15+,16+/m1/s1. The summed E-state index contributed by atoms with van der Waals surface area (Å²) in [7, 11) is 0. The highest BCUT2D eigenvalue weighted by Gasteiger charge is 2.59. The van der Waals surface area contributed by atoms with Crippen LogP contribution in [0, 0.1) is 23.2 Å². The Labute approximate surface area is 106 Å². The van der Waals surface area contributed by atoms with E-state index in [1.54, 1.807) is 0 Å². The van der Waals surface area contributed by atoms with E-state index in [2.05, 4.69) is 27.7 Å². The van der Waals surface area contributed by atoms with Gasteiger partial charge in [0.05, 0.1) is 11.7 Å². The van der Waals surface area contributed by atoms with E-state index in [0.29, 0.717) is 11.5 Å². The zero-order valence-corrected chi connectivity index (χ0v) is 12.0. The smallest absolute Gasteiger partial charge is 0.0692 e. The molecule has 3 fully saturated rings. The number of rotatable bonds is 0. The summed E-state index contributed by atoms with van der Waals surface area (Å²) in [6.45, 7) is 9.73. The van der Waals surface area contributed by atoms with Crippen LogP contribution in [0.15, 0.2) is 0 Å². The first-order valence-electron chi connectivity index (χ1n) is 7.63. The topological polar surface area (TPSA) is 9.23 Å². The van der Waals surface area contributed by atoms with Crippen LogP contribution in [-0.2, 0) is 4.74 Å².